The third kappa shape index (κ3) is 2.91. The molecule has 0 amide bonds. The van der Waals surface area contributed by atoms with Crippen molar-refractivity contribution in [1.29, 1.82) is 0 Å². The van der Waals surface area contributed by atoms with E-state index >= 15 is 0 Å². The fraction of sp³-hybridized carbons (Fsp3) is 0.500. The lowest BCUT2D eigenvalue weighted by molar-refractivity contribution is 0.269. The summed E-state index contributed by atoms with van der Waals surface area (Å²) in [5.74, 6) is 2.05. The highest BCUT2D eigenvalue weighted by Crippen LogP contribution is 2.22. The molecule has 0 fully saturated rings. The maximum atomic E-state index is 5.74. The largest absolute Gasteiger partial charge is 0.493 e. The van der Waals surface area contributed by atoms with E-state index in [9.17, 15) is 0 Å². The molecule has 0 heterocycles. The van der Waals surface area contributed by atoms with Crippen LogP contribution in [0.25, 0.3) is 0 Å². The summed E-state index contributed by atoms with van der Waals surface area (Å²) < 4.78 is 5.74. The summed E-state index contributed by atoms with van der Waals surface area (Å²) in [5, 5.41) is 0. The Morgan fingerprint density at radius 1 is 1.29 bits per heavy atom. The number of halogens is 1. The number of ether oxygens (including phenoxy) is 1. The highest BCUT2D eigenvalue weighted by atomic mass is 35.5. The second-order valence-corrected chi connectivity index (χ2v) is 4.10. The first-order chi connectivity index (χ1) is 6.65. The van der Waals surface area contributed by atoms with E-state index in [1.165, 1.54) is 11.1 Å². The summed E-state index contributed by atoms with van der Waals surface area (Å²) in [4.78, 5) is 0. The maximum Gasteiger partial charge on any atom is 0.125 e. The highest BCUT2D eigenvalue weighted by Gasteiger charge is 2.05. The number of benzene rings is 1. The Morgan fingerprint density at radius 2 is 1.86 bits per heavy atom. The number of hydrogen-bond donors (Lipinski definition) is 0. The van der Waals surface area contributed by atoms with Crippen LogP contribution in [0.1, 0.15) is 18.1 Å². The van der Waals surface area contributed by atoms with Crippen molar-refractivity contribution in [3.63, 3.8) is 0 Å². The molecule has 1 aromatic carbocycles. The Hall–Kier alpha value is -0.690. The number of rotatable bonds is 4. The van der Waals surface area contributed by atoms with Gasteiger partial charge in [0.2, 0.25) is 0 Å². The van der Waals surface area contributed by atoms with Crippen LogP contribution in [0, 0.1) is 19.8 Å². The number of alkyl halides is 1. The van der Waals surface area contributed by atoms with E-state index in [4.69, 9.17) is 16.3 Å². The zero-order valence-electron chi connectivity index (χ0n) is 9.01. The first kappa shape index (κ1) is 11.4. The van der Waals surface area contributed by atoms with Crippen LogP contribution >= 0.6 is 11.6 Å². The van der Waals surface area contributed by atoms with E-state index in [0.29, 0.717) is 18.4 Å². The molecular weight excluding hydrogens is 196 g/mol. The van der Waals surface area contributed by atoms with Crippen molar-refractivity contribution in [2.45, 2.75) is 20.8 Å². The zero-order valence-corrected chi connectivity index (χ0v) is 9.77. The van der Waals surface area contributed by atoms with Crippen LogP contribution in [-0.4, -0.2) is 12.5 Å². The van der Waals surface area contributed by atoms with Gasteiger partial charge >= 0.3 is 0 Å². The molecule has 0 N–H and O–H groups in total. The molecule has 0 aliphatic carbocycles. The average molecular weight is 213 g/mol. The van der Waals surface area contributed by atoms with Gasteiger partial charge in [-0.2, -0.15) is 0 Å². The molecule has 0 saturated carbocycles. The van der Waals surface area contributed by atoms with Gasteiger partial charge in [0, 0.05) is 11.8 Å². The minimum atomic E-state index is 0.399. The standard InChI is InChI=1S/C12H17ClO/c1-9(7-13)8-14-12-10(2)5-4-6-11(12)3/h4-6,9H,7-8H2,1-3H3. The van der Waals surface area contributed by atoms with Gasteiger partial charge in [0.15, 0.2) is 0 Å². The van der Waals surface area contributed by atoms with Crippen LogP contribution in [0.2, 0.25) is 0 Å². The fourth-order valence-electron chi connectivity index (χ4n) is 1.30. The van der Waals surface area contributed by atoms with Gasteiger partial charge in [0.1, 0.15) is 5.75 Å². The van der Waals surface area contributed by atoms with Crippen molar-refractivity contribution in [1.82, 2.24) is 0 Å². The molecule has 78 valence electrons. The van der Waals surface area contributed by atoms with E-state index in [2.05, 4.69) is 32.9 Å². The van der Waals surface area contributed by atoms with Crippen LogP contribution in [0.15, 0.2) is 18.2 Å². The monoisotopic (exact) mass is 212 g/mol. The molecule has 0 radical (unpaired) electrons. The van der Waals surface area contributed by atoms with E-state index in [1.807, 2.05) is 6.07 Å². The number of aryl methyl sites for hydroxylation is 2. The van der Waals surface area contributed by atoms with Crippen molar-refractivity contribution in [3.8, 4) is 5.75 Å². The lowest BCUT2D eigenvalue weighted by atomic mass is 10.1. The van der Waals surface area contributed by atoms with Gasteiger partial charge in [-0.05, 0) is 25.0 Å². The molecule has 1 atom stereocenters. The summed E-state index contributed by atoms with van der Waals surface area (Å²) in [6.07, 6.45) is 0. The van der Waals surface area contributed by atoms with Crippen molar-refractivity contribution in [3.05, 3.63) is 29.3 Å². The molecule has 0 bridgehead atoms. The van der Waals surface area contributed by atoms with Gasteiger partial charge in [-0.25, -0.2) is 0 Å². The Morgan fingerprint density at radius 3 is 2.36 bits per heavy atom. The molecule has 2 heteroatoms. The molecule has 0 aliphatic heterocycles. The first-order valence-electron chi connectivity index (χ1n) is 4.90. The summed E-state index contributed by atoms with van der Waals surface area (Å²) in [6, 6.07) is 6.17. The second-order valence-electron chi connectivity index (χ2n) is 3.79. The molecule has 0 aliphatic rings. The average Bonchev–Trinajstić information content (AvgIpc) is 2.16. The van der Waals surface area contributed by atoms with Gasteiger partial charge in [-0.1, -0.05) is 25.1 Å². The number of hydrogen-bond acceptors (Lipinski definition) is 1. The zero-order chi connectivity index (χ0) is 10.6. The predicted octanol–water partition coefficient (Wildman–Crippen LogP) is 3.56. The Bertz CT molecular complexity index is 276. The van der Waals surface area contributed by atoms with Crippen LogP contribution in [0.3, 0.4) is 0 Å². The molecule has 0 saturated heterocycles. The second kappa shape index (κ2) is 5.26. The summed E-state index contributed by atoms with van der Waals surface area (Å²) in [6.45, 7) is 6.90. The predicted molar refractivity (Wildman–Crippen MR) is 61.3 cm³/mol. The molecule has 1 rings (SSSR count). The fourth-order valence-corrected chi connectivity index (χ4v) is 1.39. The molecule has 0 spiro atoms. The lowest BCUT2D eigenvalue weighted by Crippen LogP contribution is -2.10. The third-order valence-electron chi connectivity index (χ3n) is 2.18. The van der Waals surface area contributed by atoms with Gasteiger partial charge in [-0.3, -0.25) is 0 Å². The summed E-state index contributed by atoms with van der Waals surface area (Å²) in [5.41, 5.74) is 2.37. The van der Waals surface area contributed by atoms with Crippen molar-refractivity contribution in [2.75, 3.05) is 12.5 Å². The summed E-state index contributed by atoms with van der Waals surface area (Å²) in [7, 11) is 0. The molecule has 1 nitrogen and oxygen atoms in total. The van der Waals surface area contributed by atoms with E-state index < -0.39 is 0 Å². The van der Waals surface area contributed by atoms with Crippen molar-refractivity contribution in [2.24, 2.45) is 5.92 Å². The van der Waals surface area contributed by atoms with Crippen molar-refractivity contribution < 1.29 is 4.74 Å². The normalized spacial score (nSPS) is 12.6. The van der Waals surface area contributed by atoms with E-state index in [0.717, 1.165) is 5.75 Å². The summed E-state index contributed by atoms with van der Waals surface area (Å²) >= 11 is 5.72. The van der Waals surface area contributed by atoms with Crippen LogP contribution in [0.4, 0.5) is 0 Å². The molecule has 0 aromatic heterocycles. The smallest absolute Gasteiger partial charge is 0.125 e. The maximum absolute atomic E-state index is 5.74. The molecule has 1 aromatic rings. The first-order valence-corrected chi connectivity index (χ1v) is 5.43. The Labute approximate surface area is 91.0 Å². The molecule has 1 unspecified atom stereocenters. The van der Waals surface area contributed by atoms with Crippen LogP contribution in [0.5, 0.6) is 5.75 Å². The van der Waals surface area contributed by atoms with Crippen LogP contribution in [-0.2, 0) is 0 Å². The van der Waals surface area contributed by atoms with Gasteiger partial charge in [-0.15, -0.1) is 11.6 Å². The van der Waals surface area contributed by atoms with Gasteiger partial charge in [0.05, 0.1) is 6.61 Å². The van der Waals surface area contributed by atoms with Gasteiger partial charge in [0.25, 0.3) is 0 Å². The Kier molecular flexibility index (Phi) is 4.27. The van der Waals surface area contributed by atoms with E-state index in [1.54, 1.807) is 0 Å². The third-order valence-corrected chi connectivity index (χ3v) is 2.71. The SMILES string of the molecule is Cc1cccc(C)c1OCC(C)CCl. The minimum Gasteiger partial charge on any atom is -0.493 e. The van der Waals surface area contributed by atoms with Crippen LogP contribution < -0.4 is 4.74 Å². The highest BCUT2D eigenvalue weighted by molar-refractivity contribution is 6.18. The topological polar surface area (TPSA) is 9.23 Å². The molecule has 14 heavy (non-hydrogen) atoms. The Balaban J connectivity index is 2.66. The van der Waals surface area contributed by atoms with E-state index in [-0.39, 0.29) is 0 Å². The molecular formula is C12H17ClO. The quantitative estimate of drug-likeness (QED) is 0.694. The minimum absolute atomic E-state index is 0.399. The lowest BCUT2D eigenvalue weighted by Gasteiger charge is -2.14. The number of para-hydroxylation sites is 1. The van der Waals surface area contributed by atoms with Gasteiger partial charge < -0.3 is 4.74 Å². The van der Waals surface area contributed by atoms with Crippen molar-refractivity contribution >= 4 is 11.6 Å².